The van der Waals surface area contributed by atoms with E-state index >= 15 is 0 Å². The number of carboxylic acids is 1. The molecule has 0 amide bonds. The van der Waals surface area contributed by atoms with Gasteiger partial charge in [0.2, 0.25) is 0 Å². The van der Waals surface area contributed by atoms with Gasteiger partial charge in [-0.05, 0) is 77.0 Å². The molecule has 1 heterocycles. The molecule has 434 valence electrons. The Balaban J connectivity index is 2.66. The summed E-state index contributed by atoms with van der Waals surface area (Å²) in [7, 11) is 0. The summed E-state index contributed by atoms with van der Waals surface area (Å²) in [5.41, 5.74) is 0. The van der Waals surface area contributed by atoms with Crippen LogP contribution in [0.25, 0.3) is 0 Å². The van der Waals surface area contributed by atoms with Crippen molar-refractivity contribution in [3.8, 4) is 0 Å². The van der Waals surface area contributed by atoms with Gasteiger partial charge in [0.25, 0.3) is 0 Å². The van der Waals surface area contributed by atoms with Gasteiger partial charge in [-0.1, -0.05) is 230 Å². The highest BCUT2D eigenvalue weighted by molar-refractivity contribution is 5.74. The molecule has 75 heavy (non-hydrogen) atoms. The lowest BCUT2D eigenvalue weighted by Crippen LogP contribution is -2.61. The topological polar surface area (TPSA) is 175 Å². The maximum Gasteiger partial charge on any atom is 0.335 e. The number of hydrogen-bond acceptors (Lipinski definition) is 11. The molecule has 0 aromatic heterocycles. The van der Waals surface area contributed by atoms with Crippen molar-refractivity contribution in [1.82, 2.24) is 0 Å². The third-order valence-electron chi connectivity index (χ3n) is 13.9. The zero-order chi connectivity index (χ0) is 54.7. The first-order valence-corrected chi connectivity index (χ1v) is 30.6. The fourth-order valence-corrected chi connectivity index (χ4v) is 9.14. The van der Waals surface area contributed by atoms with Crippen LogP contribution in [0.4, 0.5) is 0 Å². The molecule has 0 aliphatic carbocycles. The molecule has 1 rings (SSSR count). The smallest absolute Gasteiger partial charge is 0.335 e. The number of aliphatic carboxylic acids is 1. The van der Waals surface area contributed by atoms with Gasteiger partial charge >= 0.3 is 23.9 Å². The van der Waals surface area contributed by atoms with Crippen LogP contribution < -0.4 is 0 Å². The molecular weight excluding hydrogens is 949 g/mol. The summed E-state index contributed by atoms with van der Waals surface area (Å²) >= 11 is 0. The number of carboxylic acid groups (broad SMARTS) is 1. The minimum absolute atomic E-state index is 0.0561. The maximum atomic E-state index is 13.1. The second kappa shape index (κ2) is 51.4. The molecule has 6 atom stereocenters. The van der Waals surface area contributed by atoms with E-state index in [1.54, 1.807) is 0 Å². The molecule has 6 unspecified atom stereocenters. The van der Waals surface area contributed by atoms with Crippen molar-refractivity contribution in [2.75, 3.05) is 13.2 Å². The summed E-state index contributed by atoms with van der Waals surface area (Å²) in [5.74, 6) is -3.12. The quantitative estimate of drug-likeness (QED) is 0.0228. The third kappa shape index (κ3) is 41.5. The summed E-state index contributed by atoms with van der Waals surface area (Å²) in [6.07, 6.45) is 49.3. The largest absolute Gasteiger partial charge is 0.479 e. The van der Waals surface area contributed by atoms with Gasteiger partial charge in [-0.25, -0.2) is 4.79 Å². The molecule has 0 aromatic rings. The molecule has 0 saturated carbocycles. The van der Waals surface area contributed by atoms with Crippen molar-refractivity contribution in [2.24, 2.45) is 0 Å². The van der Waals surface area contributed by atoms with Gasteiger partial charge in [0.05, 0.1) is 6.61 Å². The van der Waals surface area contributed by atoms with E-state index in [9.17, 15) is 34.5 Å². The second-order valence-corrected chi connectivity index (χ2v) is 21.0. The number of aliphatic hydroxyl groups is 2. The van der Waals surface area contributed by atoms with Gasteiger partial charge in [0.15, 0.2) is 24.6 Å². The average molecular weight is 1060 g/mol. The Morgan fingerprint density at radius 2 is 0.827 bits per heavy atom. The molecular formula is C63H110O12. The number of unbranched alkanes of at least 4 members (excludes halogenated alkanes) is 30. The van der Waals surface area contributed by atoms with E-state index in [0.29, 0.717) is 19.3 Å². The van der Waals surface area contributed by atoms with E-state index in [4.69, 9.17) is 23.7 Å². The highest BCUT2D eigenvalue weighted by atomic mass is 16.7. The molecule has 0 spiro atoms. The fourth-order valence-electron chi connectivity index (χ4n) is 9.14. The van der Waals surface area contributed by atoms with Crippen LogP contribution in [-0.4, -0.2) is 89.2 Å². The highest BCUT2D eigenvalue weighted by Crippen LogP contribution is 2.26. The molecule has 3 N–H and O–H groups in total. The van der Waals surface area contributed by atoms with Gasteiger partial charge in [-0.2, -0.15) is 0 Å². The van der Waals surface area contributed by atoms with Gasteiger partial charge in [-0.15, -0.1) is 0 Å². The Morgan fingerprint density at radius 1 is 0.440 bits per heavy atom. The molecule has 12 heteroatoms. The first kappa shape index (κ1) is 69.7. The standard InChI is InChI=1S/C63H110O12/c1-4-7-10-13-16-19-22-25-26-27-28-29-30-33-36-39-42-45-48-51-57(66)74-61-59(68)58(67)60(62(69)70)75-63(61)72-53-54(73-56(65)50-47-44-41-38-35-32-24-21-18-15-12-9-6-3)52-71-55(64)49-46-43-40-37-34-31-23-20-17-14-11-8-5-2/h11,14,16,19-20,23,25-26,54,58-61,63,67-68H,4-10,12-13,15,17-18,21-22,24,27-53H2,1-3H3,(H,69,70)/b14-11-,19-16-,23-20-,26-25-. The van der Waals surface area contributed by atoms with E-state index in [0.717, 1.165) is 109 Å². The van der Waals surface area contributed by atoms with Crippen LogP contribution in [0.2, 0.25) is 0 Å². The van der Waals surface area contributed by atoms with Gasteiger partial charge in [0.1, 0.15) is 18.8 Å². The Bertz CT molecular complexity index is 1490. The Hall–Kier alpha value is -3.32. The van der Waals surface area contributed by atoms with Crippen LogP contribution in [0, 0.1) is 0 Å². The first-order chi connectivity index (χ1) is 36.6. The minimum Gasteiger partial charge on any atom is -0.479 e. The molecule has 1 fully saturated rings. The monoisotopic (exact) mass is 1060 g/mol. The van der Waals surface area contributed by atoms with Crippen LogP contribution in [0.15, 0.2) is 48.6 Å². The van der Waals surface area contributed by atoms with Crippen molar-refractivity contribution in [3.63, 3.8) is 0 Å². The number of ether oxygens (including phenoxy) is 5. The lowest BCUT2D eigenvalue weighted by atomic mass is 9.98. The average Bonchev–Trinajstić information content (AvgIpc) is 3.39. The van der Waals surface area contributed by atoms with Gasteiger partial charge in [0, 0.05) is 19.3 Å². The normalized spacial score (nSPS) is 18.4. The zero-order valence-electron chi connectivity index (χ0n) is 47.8. The van der Waals surface area contributed by atoms with Crippen LogP contribution in [0.3, 0.4) is 0 Å². The Labute approximate surface area is 456 Å². The van der Waals surface area contributed by atoms with Crippen molar-refractivity contribution >= 4 is 23.9 Å². The lowest BCUT2D eigenvalue weighted by molar-refractivity contribution is -0.301. The van der Waals surface area contributed by atoms with Crippen molar-refractivity contribution < 1.29 is 58.2 Å². The summed E-state index contributed by atoms with van der Waals surface area (Å²) in [6, 6.07) is 0. The summed E-state index contributed by atoms with van der Waals surface area (Å²) < 4.78 is 28.4. The molecule has 1 saturated heterocycles. The number of carbonyl (C=O) groups is 4. The van der Waals surface area contributed by atoms with E-state index in [1.807, 2.05) is 0 Å². The van der Waals surface area contributed by atoms with Crippen LogP contribution >= 0.6 is 0 Å². The zero-order valence-corrected chi connectivity index (χ0v) is 47.8. The van der Waals surface area contributed by atoms with E-state index in [-0.39, 0.29) is 25.9 Å². The van der Waals surface area contributed by atoms with Crippen molar-refractivity contribution in [3.05, 3.63) is 48.6 Å². The number of hydrogen-bond donors (Lipinski definition) is 3. The van der Waals surface area contributed by atoms with E-state index in [2.05, 4.69) is 69.4 Å². The third-order valence-corrected chi connectivity index (χ3v) is 13.9. The predicted octanol–water partition coefficient (Wildman–Crippen LogP) is 15.8. The number of rotatable bonds is 52. The minimum atomic E-state index is -1.90. The Kier molecular flexibility index (Phi) is 47.8. The SMILES string of the molecule is CCC/C=C\C/C=C\CCCCCCCC(=O)OCC(COC1OC(C(=O)O)C(O)C(O)C1OC(=O)CCCCCCCCCCC/C=C\C/C=C\CCCCC)OC(=O)CCCCCCCCCCCCCCC. The maximum absolute atomic E-state index is 13.1. The summed E-state index contributed by atoms with van der Waals surface area (Å²) in [6.45, 7) is 5.91. The lowest BCUT2D eigenvalue weighted by Gasteiger charge is -2.40. The van der Waals surface area contributed by atoms with Gasteiger partial charge in [-0.3, -0.25) is 14.4 Å². The molecule has 0 bridgehead atoms. The summed E-state index contributed by atoms with van der Waals surface area (Å²) in [5, 5.41) is 31.5. The fraction of sp³-hybridized carbons (Fsp3) is 0.810. The molecule has 0 radical (unpaired) electrons. The molecule has 12 nitrogen and oxygen atoms in total. The number of esters is 3. The second-order valence-electron chi connectivity index (χ2n) is 21.0. The van der Waals surface area contributed by atoms with E-state index in [1.165, 1.54) is 109 Å². The van der Waals surface area contributed by atoms with Crippen molar-refractivity contribution in [1.29, 1.82) is 0 Å². The predicted molar refractivity (Wildman–Crippen MR) is 303 cm³/mol. The highest BCUT2D eigenvalue weighted by Gasteiger charge is 2.50. The molecule has 1 aliphatic rings. The van der Waals surface area contributed by atoms with Crippen molar-refractivity contribution in [2.45, 2.75) is 314 Å². The van der Waals surface area contributed by atoms with Crippen LogP contribution in [-0.2, 0) is 42.9 Å². The number of allylic oxidation sites excluding steroid dienone is 8. The first-order valence-electron chi connectivity index (χ1n) is 30.6. The number of aliphatic hydroxyl groups excluding tert-OH is 2. The molecule has 0 aromatic carbocycles. The van der Waals surface area contributed by atoms with Crippen LogP contribution in [0.1, 0.15) is 278 Å². The van der Waals surface area contributed by atoms with Crippen LogP contribution in [0.5, 0.6) is 0 Å². The Morgan fingerprint density at radius 3 is 1.28 bits per heavy atom. The number of carbonyl (C=O) groups excluding carboxylic acids is 3. The molecule has 1 aliphatic heterocycles. The summed E-state index contributed by atoms with van der Waals surface area (Å²) in [4.78, 5) is 51.1. The van der Waals surface area contributed by atoms with E-state index < -0.39 is 67.3 Å². The van der Waals surface area contributed by atoms with Gasteiger partial charge < -0.3 is 39.0 Å².